The second-order valence-corrected chi connectivity index (χ2v) is 18.7. The fraction of sp³-hybridized carbons (Fsp3) is 0.400. The van der Waals surface area contributed by atoms with Crippen molar-refractivity contribution >= 4 is 22.0 Å². The second kappa shape index (κ2) is 3.76. The molecule has 0 saturated heterocycles. The normalized spacial score (nSPS) is 13.0. The Morgan fingerprint density at radius 3 is 2.00 bits per heavy atom. The molecule has 1 rings (SSSR count). The predicted octanol–water partition coefficient (Wildman–Crippen LogP) is 3.05. The molecule has 0 aliphatic carbocycles. The summed E-state index contributed by atoms with van der Waals surface area (Å²) in [7, 11) is 0. The van der Waals surface area contributed by atoms with Gasteiger partial charge in [-0.25, -0.2) is 0 Å². The summed E-state index contributed by atoms with van der Waals surface area (Å²) in [5, 5.41) is 0. The molecule has 1 radical (unpaired) electrons. The molecule has 77 valence electrons. The molecule has 0 N–H and O–H groups in total. The number of hydrogen-bond acceptors (Lipinski definition) is 0. The van der Waals surface area contributed by atoms with Crippen molar-refractivity contribution in [1.82, 2.24) is 0 Å². The van der Waals surface area contributed by atoms with Crippen LogP contribution in [0.2, 0.25) is 14.8 Å². The average Bonchev–Trinajstić information content (AvgIpc) is 2.01. The van der Waals surface area contributed by atoms with Gasteiger partial charge in [0.2, 0.25) is 0 Å². The summed E-state index contributed by atoms with van der Waals surface area (Å²) >= 11 is -2.22. The molecule has 0 fully saturated rings. The molecule has 0 aliphatic rings. The first kappa shape index (κ1) is 11.9. The minimum atomic E-state index is -4.27. The van der Waals surface area contributed by atoms with E-state index in [1.54, 1.807) is 6.07 Å². The number of halogens is 3. The Kier molecular flexibility index (Phi) is 3.19. The van der Waals surface area contributed by atoms with E-state index in [1.165, 1.54) is 6.07 Å². The first-order chi connectivity index (χ1) is 6.21. The monoisotopic (exact) mass is 309 g/mol. The summed E-state index contributed by atoms with van der Waals surface area (Å²) in [5.41, 5.74) is -0.684. The molecule has 1 aromatic carbocycles. The average molecular weight is 308 g/mol. The number of hydrogen-bond donors (Lipinski definition) is 0. The molecule has 0 nitrogen and oxygen atoms in total. The Balaban J connectivity index is 3.02. The van der Waals surface area contributed by atoms with Gasteiger partial charge < -0.3 is 0 Å². The maximum atomic E-state index is 12.2. The zero-order chi connectivity index (χ0) is 11.0. The first-order valence-corrected chi connectivity index (χ1v) is 14.3. The van der Waals surface area contributed by atoms with Crippen LogP contribution < -0.4 is 3.58 Å². The van der Waals surface area contributed by atoms with E-state index in [4.69, 9.17) is 0 Å². The standard InChI is InChI=1S/C7H3F3.3CH3.Sn/c8-7(9,10)6-4-2-1-3-5-6;;;;/h2-4H;3*1H3;. The first-order valence-electron chi connectivity index (χ1n) is 4.30. The molecule has 0 atom stereocenters. The quantitative estimate of drug-likeness (QED) is 0.700. The Morgan fingerprint density at radius 1 is 1.14 bits per heavy atom. The van der Waals surface area contributed by atoms with Crippen molar-refractivity contribution in [2.24, 2.45) is 0 Å². The van der Waals surface area contributed by atoms with Crippen molar-refractivity contribution in [2.45, 2.75) is 21.0 Å². The fourth-order valence-corrected chi connectivity index (χ4v) is 4.17. The maximum absolute atomic E-state index is 12.2. The molecule has 0 unspecified atom stereocenters. The summed E-state index contributed by atoms with van der Waals surface area (Å²) in [6, 6.07) is 6.53. The van der Waals surface area contributed by atoms with Crippen molar-refractivity contribution in [3.05, 3.63) is 29.8 Å². The Morgan fingerprint density at radius 2 is 1.71 bits per heavy atom. The van der Waals surface area contributed by atoms with Gasteiger partial charge in [0.05, 0.1) is 0 Å². The van der Waals surface area contributed by atoms with E-state index in [0.29, 0.717) is 0 Å². The minimum absolute atomic E-state index is 0.684. The van der Waals surface area contributed by atoms with E-state index < -0.39 is 30.1 Å². The van der Waals surface area contributed by atoms with Gasteiger partial charge in [-0.2, -0.15) is 0 Å². The van der Waals surface area contributed by atoms with E-state index in [1.807, 2.05) is 0 Å². The summed E-state index contributed by atoms with van der Waals surface area (Å²) in [6.45, 7) is 0. The predicted molar refractivity (Wildman–Crippen MR) is 53.3 cm³/mol. The van der Waals surface area contributed by atoms with Crippen LogP contribution in [0.4, 0.5) is 13.2 Å². The number of benzene rings is 1. The van der Waals surface area contributed by atoms with Crippen molar-refractivity contribution in [3.8, 4) is 0 Å². The van der Waals surface area contributed by atoms with Gasteiger partial charge in [0.15, 0.2) is 0 Å². The van der Waals surface area contributed by atoms with E-state index in [0.717, 1.165) is 9.65 Å². The molecule has 0 spiro atoms. The number of alkyl halides is 3. The molecule has 0 saturated carbocycles. The van der Waals surface area contributed by atoms with E-state index >= 15 is 0 Å². The van der Waals surface area contributed by atoms with Gasteiger partial charge in [-0.15, -0.1) is 0 Å². The number of rotatable bonds is 1. The molecule has 0 bridgehead atoms. The van der Waals surface area contributed by atoms with Crippen LogP contribution >= 0.6 is 0 Å². The van der Waals surface area contributed by atoms with Gasteiger partial charge in [0.1, 0.15) is 0 Å². The summed E-state index contributed by atoms with van der Waals surface area (Å²) in [6.07, 6.45) is -4.27. The molecular weight excluding hydrogens is 296 g/mol. The molecular formula is C10H12F3Sn. The Bertz CT molecular complexity index is 273. The Labute approximate surface area is 86.0 Å². The van der Waals surface area contributed by atoms with Crippen molar-refractivity contribution < 1.29 is 13.2 Å². The van der Waals surface area contributed by atoms with E-state index in [2.05, 4.69) is 20.9 Å². The van der Waals surface area contributed by atoms with Crippen LogP contribution in [0.1, 0.15) is 5.56 Å². The van der Waals surface area contributed by atoms with Crippen LogP contribution in [0.5, 0.6) is 0 Å². The topological polar surface area (TPSA) is 0 Å². The van der Waals surface area contributed by atoms with E-state index in [-0.39, 0.29) is 0 Å². The van der Waals surface area contributed by atoms with Crippen LogP contribution in [0.15, 0.2) is 18.2 Å². The molecule has 14 heavy (non-hydrogen) atoms. The zero-order valence-corrected chi connectivity index (χ0v) is 11.2. The molecule has 4 heteroatoms. The third-order valence-electron chi connectivity index (χ3n) is 1.98. The van der Waals surface area contributed by atoms with Crippen LogP contribution in [0, 0.1) is 6.07 Å². The van der Waals surface area contributed by atoms with Crippen molar-refractivity contribution in [1.29, 1.82) is 0 Å². The van der Waals surface area contributed by atoms with Crippen LogP contribution in [-0.2, 0) is 6.18 Å². The van der Waals surface area contributed by atoms with Gasteiger partial charge in [0, 0.05) is 0 Å². The van der Waals surface area contributed by atoms with Crippen LogP contribution in [0.25, 0.3) is 0 Å². The SMILES string of the molecule is [CH3][Sn]([CH3])([CH3])[c]1c[c]c(C(F)(F)F)cc1. The van der Waals surface area contributed by atoms with Crippen molar-refractivity contribution in [3.63, 3.8) is 0 Å². The molecule has 1 aromatic rings. The van der Waals surface area contributed by atoms with E-state index in [9.17, 15) is 13.2 Å². The molecule has 0 heterocycles. The third kappa shape index (κ3) is 2.90. The van der Waals surface area contributed by atoms with Gasteiger partial charge in [0.25, 0.3) is 0 Å². The zero-order valence-electron chi connectivity index (χ0n) is 8.37. The second-order valence-electron chi connectivity index (χ2n) is 4.24. The third-order valence-corrected chi connectivity index (χ3v) is 7.82. The van der Waals surface area contributed by atoms with Crippen LogP contribution in [0.3, 0.4) is 0 Å². The van der Waals surface area contributed by atoms with Gasteiger partial charge >= 0.3 is 86.0 Å². The van der Waals surface area contributed by atoms with Gasteiger partial charge in [-0.3, -0.25) is 0 Å². The summed E-state index contributed by atoms with van der Waals surface area (Å²) in [4.78, 5) is 6.47. The van der Waals surface area contributed by atoms with Crippen molar-refractivity contribution in [2.75, 3.05) is 0 Å². The van der Waals surface area contributed by atoms with Crippen LogP contribution in [-0.4, -0.2) is 18.4 Å². The molecule has 0 amide bonds. The molecule has 0 aliphatic heterocycles. The fourth-order valence-electron chi connectivity index (χ4n) is 1.07. The van der Waals surface area contributed by atoms with Gasteiger partial charge in [-0.05, 0) is 0 Å². The summed E-state index contributed by atoms with van der Waals surface area (Å²) in [5.74, 6) is 0. The van der Waals surface area contributed by atoms with Gasteiger partial charge in [-0.1, -0.05) is 0 Å². The molecule has 0 aromatic heterocycles. The summed E-state index contributed by atoms with van der Waals surface area (Å²) < 4.78 is 37.7. The Hall–Kier alpha value is -0.191.